The second-order valence-electron chi connectivity index (χ2n) is 3.82. The zero-order valence-corrected chi connectivity index (χ0v) is 11.3. The highest BCUT2D eigenvalue weighted by Crippen LogP contribution is 2.02. The van der Waals surface area contributed by atoms with Crippen LogP contribution in [-0.4, -0.2) is 41.6 Å². The highest BCUT2D eigenvalue weighted by molar-refractivity contribution is 6.00. The number of aromatic amines is 1. The van der Waals surface area contributed by atoms with Crippen molar-refractivity contribution in [2.75, 3.05) is 13.1 Å². The van der Waals surface area contributed by atoms with Gasteiger partial charge in [0, 0.05) is 25.2 Å². The summed E-state index contributed by atoms with van der Waals surface area (Å²) in [5.41, 5.74) is -0.287. The van der Waals surface area contributed by atoms with Crippen LogP contribution < -0.4 is 26.2 Å². The van der Waals surface area contributed by atoms with Crippen molar-refractivity contribution in [3.8, 4) is 5.88 Å². The van der Waals surface area contributed by atoms with E-state index in [1.807, 2.05) is 13.8 Å². The summed E-state index contributed by atoms with van der Waals surface area (Å²) in [6.07, 6.45) is -0.578. The van der Waals surface area contributed by atoms with Gasteiger partial charge in [-0.2, -0.15) is 0 Å². The number of guanidine groups is 2. The topological polar surface area (TPSA) is 116 Å². The molecule has 1 fully saturated rings. The average Bonchev–Trinajstić information content (AvgIpc) is 2.42. The molecule has 0 aromatic carbocycles. The molecule has 0 aliphatic carbocycles. The molecule has 20 heavy (non-hydrogen) atoms. The highest BCUT2D eigenvalue weighted by Gasteiger charge is 2.21. The summed E-state index contributed by atoms with van der Waals surface area (Å²) < 4.78 is 5.56. The second kappa shape index (κ2) is 6.55. The third kappa shape index (κ3) is 3.70. The van der Waals surface area contributed by atoms with Gasteiger partial charge in [-0.3, -0.25) is 20.1 Å². The second-order valence-corrected chi connectivity index (χ2v) is 3.82. The molecule has 1 aromatic heterocycles. The van der Waals surface area contributed by atoms with E-state index >= 15 is 0 Å². The fraction of sp³-hybridized carbons (Fsp3) is 0.455. The standard InChI is InChI=1S/C11H17N7O2/c1-3-12-9-14-10(13-4-2)16-11(15-9)20-8-6-5-7(19)17-18-8/h5-6,11H,3-4H2,1-2H3,(H,17,19)(H3,12,13,14,15,16). The van der Waals surface area contributed by atoms with Crippen LogP contribution in [0.5, 0.6) is 5.88 Å². The molecule has 9 heteroatoms. The Bertz CT molecular complexity index is 524. The molecule has 1 aliphatic rings. The van der Waals surface area contributed by atoms with Crippen LogP contribution in [0.3, 0.4) is 0 Å². The monoisotopic (exact) mass is 279 g/mol. The fourth-order valence-electron chi connectivity index (χ4n) is 1.53. The quantitative estimate of drug-likeness (QED) is 0.560. The summed E-state index contributed by atoms with van der Waals surface area (Å²) in [7, 11) is 0. The van der Waals surface area contributed by atoms with E-state index in [1.54, 1.807) is 0 Å². The van der Waals surface area contributed by atoms with Crippen molar-refractivity contribution in [2.45, 2.75) is 20.2 Å². The molecule has 4 N–H and O–H groups in total. The third-order valence-corrected chi connectivity index (χ3v) is 2.30. The van der Waals surface area contributed by atoms with Gasteiger partial charge in [0.25, 0.3) is 11.9 Å². The maximum atomic E-state index is 10.9. The van der Waals surface area contributed by atoms with Crippen LogP contribution >= 0.6 is 0 Å². The fourth-order valence-corrected chi connectivity index (χ4v) is 1.53. The smallest absolute Gasteiger partial charge is 0.264 e. The van der Waals surface area contributed by atoms with Crippen LogP contribution in [0.25, 0.3) is 0 Å². The minimum atomic E-state index is -0.578. The van der Waals surface area contributed by atoms with Crippen molar-refractivity contribution in [1.82, 2.24) is 26.1 Å². The van der Waals surface area contributed by atoms with Crippen LogP contribution in [0, 0.1) is 0 Å². The van der Waals surface area contributed by atoms with E-state index in [-0.39, 0.29) is 11.4 Å². The summed E-state index contributed by atoms with van der Waals surface area (Å²) in [5.74, 6) is 1.41. The van der Waals surface area contributed by atoms with Gasteiger partial charge in [0.05, 0.1) is 0 Å². The summed E-state index contributed by atoms with van der Waals surface area (Å²) in [6, 6.07) is 2.82. The number of hydrogen-bond acceptors (Lipinski definition) is 5. The van der Waals surface area contributed by atoms with Gasteiger partial charge in [-0.1, -0.05) is 0 Å². The summed E-state index contributed by atoms with van der Waals surface area (Å²) in [6.45, 7) is 5.10. The van der Waals surface area contributed by atoms with Gasteiger partial charge in [0.1, 0.15) is 0 Å². The molecule has 9 nitrogen and oxygen atoms in total. The van der Waals surface area contributed by atoms with Crippen molar-refractivity contribution < 1.29 is 4.74 Å². The lowest BCUT2D eigenvalue weighted by molar-refractivity contribution is 0.156. The van der Waals surface area contributed by atoms with Crippen molar-refractivity contribution >= 4 is 11.9 Å². The van der Waals surface area contributed by atoms with E-state index in [0.29, 0.717) is 25.0 Å². The predicted octanol–water partition coefficient (Wildman–Crippen LogP) is -1.03. The number of aromatic nitrogens is 2. The molecule has 1 saturated heterocycles. The number of hydrogen-bond donors (Lipinski definition) is 4. The Labute approximate surface area is 115 Å². The Balaban J connectivity index is 2.09. The summed E-state index contributed by atoms with van der Waals surface area (Å²) in [5, 5.41) is 15.1. The predicted molar refractivity (Wildman–Crippen MR) is 74.6 cm³/mol. The number of rotatable bonds is 4. The minimum Gasteiger partial charge on any atom is -0.434 e. The van der Waals surface area contributed by atoms with Crippen molar-refractivity contribution in [2.24, 2.45) is 9.98 Å². The largest absolute Gasteiger partial charge is 0.434 e. The Kier molecular flexibility index (Phi) is 4.53. The zero-order chi connectivity index (χ0) is 14.4. The Morgan fingerprint density at radius 2 is 1.85 bits per heavy atom. The normalized spacial score (nSPS) is 22.0. The van der Waals surface area contributed by atoms with Gasteiger partial charge in [0.15, 0.2) is 0 Å². The lowest BCUT2D eigenvalue weighted by Gasteiger charge is -2.29. The van der Waals surface area contributed by atoms with Gasteiger partial charge < -0.3 is 15.4 Å². The molecule has 0 radical (unpaired) electrons. The molecular formula is C11H17N7O2. The van der Waals surface area contributed by atoms with Gasteiger partial charge in [-0.15, -0.1) is 5.10 Å². The van der Waals surface area contributed by atoms with Crippen LogP contribution in [-0.2, 0) is 0 Å². The van der Waals surface area contributed by atoms with E-state index in [9.17, 15) is 4.79 Å². The molecule has 0 spiro atoms. The van der Waals surface area contributed by atoms with Crippen LogP contribution in [0.15, 0.2) is 26.9 Å². The minimum absolute atomic E-state index is 0.281. The summed E-state index contributed by atoms with van der Waals surface area (Å²) >= 11 is 0. The number of ether oxygens (including phenoxy) is 1. The first kappa shape index (κ1) is 13.8. The summed E-state index contributed by atoms with van der Waals surface area (Å²) in [4.78, 5) is 19.4. The zero-order valence-electron chi connectivity index (χ0n) is 11.3. The molecule has 0 bridgehead atoms. The molecule has 2 heterocycles. The molecule has 0 atom stereocenters. The SMILES string of the molecule is CCN=C1NC(=NCC)NC(Oc2ccc(=O)[nH]n2)N1. The third-order valence-electron chi connectivity index (χ3n) is 2.30. The Hall–Kier alpha value is -2.58. The lowest BCUT2D eigenvalue weighted by Crippen LogP contribution is -2.65. The van der Waals surface area contributed by atoms with Crippen molar-refractivity contribution in [1.29, 1.82) is 0 Å². The van der Waals surface area contributed by atoms with Gasteiger partial charge in [-0.25, -0.2) is 5.10 Å². The first-order valence-corrected chi connectivity index (χ1v) is 6.32. The maximum Gasteiger partial charge on any atom is 0.264 e. The molecule has 0 amide bonds. The van der Waals surface area contributed by atoms with Crippen LogP contribution in [0.2, 0.25) is 0 Å². The molecule has 2 rings (SSSR count). The number of H-pyrrole nitrogens is 1. The van der Waals surface area contributed by atoms with E-state index in [1.165, 1.54) is 12.1 Å². The van der Waals surface area contributed by atoms with Crippen molar-refractivity contribution in [3.63, 3.8) is 0 Å². The van der Waals surface area contributed by atoms with E-state index < -0.39 is 6.35 Å². The first-order valence-electron chi connectivity index (χ1n) is 6.32. The van der Waals surface area contributed by atoms with Crippen LogP contribution in [0.1, 0.15) is 13.8 Å². The highest BCUT2D eigenvalue weighted by atomic mass is 16.5. The number of nitrogens with one attached hydrogen (secondary N) is 4. The molecule has 0 saturated carbocycles. The van der Waals surface area contributed by atoms with Crippen LogP contribution in [0.4, 0.5) is 0 Å². The Morgan fingerprint density at radius 3 is 2.35 bits per heavy atom. The average molecular weight is 279 g/mol. The Morgan fingerprint density at radius 1 is 1.20 bits per heavy atom. The van der Waals surface area contributed by atoms with Gasteiger partial charge >= 0.3 is 0 Å². The molecule has 1 aromatic rings. The van der Waals surface area contributed by atoms with Crippen molar-refractivity contribution in [3.05, 3.63) is 22.5 Å². The molecule has 0 unspecified atom stereocenters. The van der Waals surface area contributed by atoms with E-state index in [4.69, 9.17) is 4.74 Å². The molecular weight excluding hydrogens is 262 g/mol. The van der Waals surface area contributed by atoms with Gasteiger partial charge in [-0.05, 0) is 13.8 Å². The number of nitrogens with zero attached hydrogens (tertiary/aromatic N) is 3. The molecule has 108 valence electrons. The number of aliphatic imine (C=N–C) groups is 2. The maximum absolute atomic E-state index is 10.9. The van der Waals surface area contributed by atoms with E-state index in [2.05, 4.69) is 36.1 Å². The lowest BCUT2D eigenvalue weighted by atomic mass is 10.5. The first-order chi connectivity index (χ1) is 9.71. The van der Waals surface area contributed by atoms with Gasteiger partial charge in [0.2, 0.25) is 17.8 Å². The molecule has 1 aliphatic heterocycles. The van der Waals surface area contributed by atoms with E-state index in [0.717, 1.165) is 0 Å².